The van der Waals surface area contributed by atoms with Crippen LogP contribution in [0.5, 0.6) is 0 Å². The maximum Gasteiger partial charge on any atom is 0.277 e. The average Bonchev–Trinajstić information content (AvgIpc) is 3.11. The van der Waals surface area contributed by atoms with Gasteiger partial charge in [-0.05, 0) is 37.3 Å². The fourth-order valence-electron chi connectivity index (χ4n) is 1.98. The van der Waals surface area contributed by atoms with E-state index in [-0.39, 0.29) is 5.91 Å². The minimum atomic E-state index is -0.451. The minimum absolute atomic E-state index is 0.221. The lowest BCUT2D eigenvalue weighted by Gasteiger charge is -2.09. The first kappa shape index (κ1) is 16.7. The Labute approximate surface area is 148 Å². The summed E-state index contributed by atoms with van der Waals surface area (Å²) in [4.78, 5) is 16.3. The Morgan fingerprint density at radius 1 is 1.32 bits per heavy atom. The predicted octanol–water partition coefficient (Wildman–Crippen LogP) is 3.12. The maximum absolute atomic E-state index is 12.3. The first-order valence-electron chi connectivity index (χ1n) is 7.37. The van der Waals surface area contributed by atoms with Crippen LogP contribution >= 0.6 is 11.8 Å². The van der Waals surface area contributed by atoms with E-state index in [1.165, 1.54) is 0 Å². The second-order valence-electron chi connectivity index (χ2n) is 5.06. The molecule has 2 aromatic heterocycles. The first-order valence-corrected chi connectivity index (χ1v) is 8.25. The van der Waals surface area contributed by atoms with Gasteiger partial charge in [-0.3, -0.25) is 9.78 Å². The molecule has 0 saturated heterocycles. The Bertz CT molecular complexity index is 920. The topological polar surface area (TPSA) is 105 Å². The van der Waals surface area contributed by atoms with E-state index >= 15 is 0 Å². The van der Waals surface area contributed by atoms with Gasteiger partial charge in [0.05, 0.1) is 22.4 Å². The zero-order chi connectivity index (χ0) is 17.6. The van der Waals surface area contributed by atoms with Crippen molar-refractivity contribution in [2.24, 2.45) is 0 Å². The molecule has 7 nitrogen and oxygen atoms in total. The number of hydrogen-bond donors (Lipinski definition) is 1. The molecule has 0 aliphatic carbocycles. The van der Waals surface area contributed by atoms with E-state index < -0.39 is 5.25 Å². The number of anilines is 1. The van der Waals surface area contributed by atoms with Gasteiger partial charge in [0.2, 0.25) is 11.8 Å². The highest BCUT2D eigenvalue weighted by Crippen LogP contribution is 2.26. The van der Waals surface area contributed by atoms with E-state index in [9.17, 15) is 4.79 Å². The van der Waals surface area contributed by atoms with Gasteiger partial charge < -0.3 is 9.73 Å². The number of thioether (sulfide) groups is 1. The second kappa shape index (κ2) is 7.59. The van der Waals surface area contributed by atoms with Crippen molar-refractivity contribution in [1.29, 1.82) is 5.26 Å². The van der Waals surface area contributed by atoms with Crippen molar-refractivity contribution >= 4 is 23.4 Å². The van der Waals surface area contributed by atoms with Crippen LogP contribution < -0.4 is 5.32 Å². The van der Waals surface area contributed by atoms with Crippen LogP contribution in [0.1, 0.15) is 12.5 Å². The molecule has 0 spiro atoms. The van der Waals surface area contributed by atoms with Gasteiger partial charge in [-0.25, -0.2) is 0 Å². The summed E-state index contributed by atoms with van der Waals surface area (Å²) in [6.45, 7) is 1.74. The first-order chi connectivity index (χ1) is 12.2. The smallest absolute Gasteiger partial charge is 0.277 e. The summed E-state index contributed by atoms with van der Waals surface area (Å²) in [6, 6.07) is 12.3. The fourth-order valence-corrected chi connectivity index (χ4v) is 2.66. The van der Waals surface area contributed by atoms with Crippen LogP contribution in [-0.4, -0.2) is 26.3 Å². The number of carbonyl (C=O) groups excluding carboxylic acids is 1. The molecule has 1 amide bonds. The molecular weight excluding hydrogens is 338 g/mol. The van der Waals surface area contributed by atoms with Crippen LogP contribution in [0.4, 0.5) is 5.69 Å². The zero-order valence-electron chi connectivity index (χ0n) is 13.2. The van der Waals surface area contributed by atoms with E-state index in [2.05, 4.69) is 20.5 Å². The third kappa shape index (κ3) is 4.22. The van der Waals surface area contributed by atoms with Crippen molar-refractivity contribution in [1.82, 2.24) is 15.2 Å². The van der Waals surface area contributed by atoms with Crippen LogP contribution in [-0.2, 0) is 4.79 Å². The molecule has 0 unspecified atom stereocenters. The number of hydrogen-bond acceptors (Lipinski definition) is 7. The van der Waals surface area contributed by atoms with E-state index in [4.69, 9.17) is 9.68 Å². The van der Waals surface area contributed by atoms with Crippen LogP contribution in [0.3, 0.4) is 0 Å². The predicted molar refractivity (Wildman–Crippen MR) is 92.6 cm³/mol. The lowest BCUT2D eigenvalue weighted by molar-refractivity contribution is -0.115. The number of carbonyl (C=O) groups is 1. The summed E-state index contributed by atoms with van der Waals surface area (Å²) in [5.41, 5.74) is 1.77. The molecule has 0 fully saturated rings. The van der Waals surface area contributed by atoms with Crippen molar-refractivity contribution in [2.75, 3.05) is 5.32 Å². The van der Waals surface area contributed by atoms with Gasteiger partial charge in [0.25, 0.3) is 5.22 Å². The number of aromatic nitrogens is 3. The van der Waals surface area contributed by atoms with Crippen LogP contribution in [0.2, 0.25) is 0 Å². The molecule has 1 N–H and O–H groups in total. The summed E-state index contributed by atoms with van der Waals surface area (Å²) in [6.07, 6.45) is 3.28. The standard InChI is InChI=1S/C17H13N5O2S/c1-11(15(23)20-14-6-2-4-12(8-14)9-18)25-17-22-21-16(24-17)13-5-3-7-19-10-13/h2-8,10-11H,1H3,(H,20,23)/t11-/m1/s1. The molecule has 8 heteroatoms. The van der Waals surface area contributed by atoms with E-state index in [0.29, 0.717) is 27.9 Å². The molecule has 1 aromatic carbocycles. The highest BCUT2D eigenvalue weighted by molar-refractivity contribution is 8.00. The summed E-state index contributed by atoms with van der Waals surface area (Å²) in [7, 11) is 0. The Morgan fingerprint density at radius 2 is 2.20 bits per heavy atom. The number of benzene rings is 1. The largest absolute Gasteiger partial charge is 0.411 e. The van der Waals surface area contributed by atoms with Crippen LogP contribution in [0, 0.1) is 11.3 Å². The monoisotopic (exact) mass is 351 g/mol. The number of amides is 1. The number of nitrogens with zero attached hydrogens (tertiary/aromatic N) is 4. The van der Waals surface area contributed by atoms with E-state index in [1.54, 1.807) is 49.6 Å². The molecule has 0 saturated carbocycles. The Balaban J connectivity index is 1.64. The number of nitrogens with one attached hydrogen (secondary N) is 1. The summed E-state index contributed by atoms with van der Waals surface area (Å²) in [5.74, 6) is 0.131. The third-order valence-corrected chi connectivity index (χ3v) is 4.16. The summed E-state index contributed by atoms with van der Waals surface area (Å²) in [5, 5.41) is 19.4. The van der Waals surface area contributed by atoms with Gasteiger partial charge in [-0.2, -0.15) is 5.26 Å². The summed E-state index contributed by atoms with van der Waals surface area (Å²) < 4.78 is 5.55. The third-order valence-electron chi connectivity index (χ3n) is 3.22. The van der Waals surface area contributed by atoms with Gasteiger partial charge in [-0.15, -0.1) is 10.2 Å². The van der Waals surface area contributed by atoms with Crippen LogP contribution in [0.15, 0.2) is 58.4 Å². The highest BCUT2D eigenvalue weighted by Gasteiger charge is 2.19. The molecule has 0 aliphatic heterocycles. The highest BCUT2D eigenvalue weighted by atomic mass is 32.2. The molecule has 1 atom stereocenters. The van der Waals surface area contributed by atoms with Gasteiger partial charge in [-0.1, -0.05) is 17.8 Å². The molecule has 3 aromatic rings. The number of rotatable bonds is 5. The fraction of sp³-hybridized carbons (Fsp3) is 0.118. The molecule has 3 rings (SSSR count). The van der Waals surface area contributed by atoms with Crippen molar-refractivity contribution < 1.29 is 9.21 Å². The Hall–Kier alpha value is -3.18. The molecule has 2 heterocycles. The lowest BCUT2D eigenvalue weighted by Crippen LogP contribution is -2.22. The van der Waals surface area contributed by atoms with Crippen LogP contribution in [0.25, 0.3) is 11.5 Å². The van der Waals surface area contributed by atoms with Crippen molar-refractivity contribution in [3.8, 4) is 17.5 Å². The quantitative estimate of drug-likeness (QED) is 0.704. The molecule has 0 aliphatic rings. The second-order valence-corrected chi connectivity index (χ2v) is 6.35. The van der Waals surface area contributed by atoms with Gasteiger partial charge in [0.15, 0.2) is 0 Å². The van der Waals surface area contributed by atoms with E-state index in [0.717, 1.165) is 11.8 Å². The number of nitriles is 1. The zero-order valence-corrected chi connectivity index (χ0v) is 14.0. The average molecular weight is 351 g/mol. The normalized spacial score (nSPS) is 11.5. The van der Waals surface area contributed by atoms with Gasteiger partial charge in [0, 0.05) is 18.1 Å². The van der Waals surface area contributed by atoms with Crippen molar-refractivity contribution in [3.05, 3.63) is 54.4 Å². The number of pyridine rings is 1. The lowest BCUT2D eigenvalue weighted by atomic mass is 10.2. The Kier molecular flexibility index (Phi) is 5.06. The van der Waals surface area contributed by atoms with Gasteiger partial charge in [0.1, 0.15) is 0 Å². The van der Waals surface area contributed by atoms with E-state index in [1.807, 2.05) is 12.1 Å². The summed E-state index contributed by atoms with van der Waals surface area (Å²) >= 11 is 1.16. The van der Waals surface area contributed by atoms with Crippen molar-refractivity contribution in [3.63, 3.8) is 0 Å². The Morgan fingerprint density at radius 3 is 2.96 bits per heavy atom. The molecule has 25 heavy (non-hydrogen) atoms. The molecule has 124 valence electrons. The molecule has 0 bridgehead atoms. The minimum Gasteiger partial charge on any atom is -0.411 e. The maximum atomic E-state index is 12.3. The van der Waals surface area contributed by atoms with Crippen molar-refractivity contribution in [2.45, 2.75) is 17.4 Å². The molecular formula is C17H13N5O2S. The van der Waals surface area contributed by atoms with Gasteiger partial charge >= 0.3 is 0 Å². The molecule has 0 radical (unpaired) electrons. The SMILES string of the molecule is C[C@@H](Sc1nnc(-c2cccnc2)o1)C(=O)Nc1cccc(C#N)c1.